The van der Waals surface area contributed by atoms with E-state index in [2.05, 4.69) is 20.7 Å². The second-order valence-corrected chi connectivity index (χ2v) is 2.47. The molecule has 0 fully saturated rings. The topological polar surface area (TPSA) is 50.7 Å². The first-order valence-electron chi connectivity index (χ1n) is 3.91. The van der Waals surface area contributed by atoms with Crippen LogP contribution in [0.3, 0.4) is 0 Å². The highest BCUT2D eigenvalue weighted by Crippen LogP contribution is 2.07. The van der Waals surface area contributed by atoms with Gasteiger partial charge in [0.1, 0.15) is 5.69 Å². The molecule has 0 aromatic carbocycles. The first-order chi connectivity index (χ1) is 6.47. The standard InChI is InChI=1S/C9H8N4/c1-2-4-8(10-6-3-1)9-5-7-11-13-12-9/h1-7,10H. The Kier molecular flexibility index (Phi) is 2.14. The van der Waals surface area contributed by atoms with E-state index in [1.54, 1.807) is 12.3 Å². The number of nitrogens with zero attached hydrogens (tertiary/aromatic N) is 3. The van der Waals surface area contributed by atoms with Crippen molar-refractivity contribution < 1.29 is 0 Å². The van der Waals surface area contributed by atoms with Crippen LogP contribution in [-0.2, 0) is 0 Å². The quantitative estimate of drug-likeness (QED) is 0.683. The summed E-state index contributed by atoms with van der Waals surface area (Å²) in [6.45, 7) is 0. The highest BCUT2D eigenvalue weighted by atomic mass is 15.3. The van der Waals surface area contributed by atoms with E-state index in [1.807, 2.05) is 30.5 Å². The predicted molar refractivity (Wildman–Crippen MR) is 49.2 cm³/mol. The minimum Gasteiger partial charge on any atom is -0.360 e. The SMILES string of the molecule is C1=CC=C(c2ccnnn2)NC=C1. The van der Waals surface area contributed by atoms with E-state index in [4.69, 9.17) is 0 Å². The van der Waals surface area contributed by atoms with E-state index in [-0.39, 0.29) is 0 Å². The molecule has 0 aliphatic carbocycles. The molecule has 0 saturated heterocycles. The van der Waals surface area contributed by atoms with Crippen molar-refractivity contribution in [3.63, 3.8) is 0 Å². The molecule has 0 radical (unpaired) electrons. The summed E-state index contributed by atoms with van der Waals surface area (Å²) in [4.78, 5) is 0. The van der Waals surface area contributed by atoms with E-state index in [9.17, 15) is 0 Å². The Morgan fingerprint density at radius 1 is 1.15 bits per heavy atom. The highest BCUT2D eigenvalue weighted by Gasteiger charge is 2.00. The van der Waals surface area contributed by atoms with Crippen molar-refractivity contribution in [3.05, 3.63) is 48.5 Å². The third-order valence-electron chi connectivity index (χ3n) is 1.60. The average Bonchev–Trinajstić information content (AvgIpc) is 2.47. The first kappa shape index (κ1) is 7.67. The number of aromatic nitrogens is 3. The van der Waals surface area contributed by atoms with Crippen molar-refractivity contribution in [1.29, 1.82) is 0 Å². The lowest BCUT2D eigenvalue weighted by molar-refractivity contribution is 0.849. The van der Waals surface area contributed by atoms with Gasteiger partial charge < -0.3 is 5.32 Å². The van der Waals surface area contributed by atoms with Crippen LogP contribution < -0.4 is 5.32 Å². The van der Waals surface area contributed by atoms with E-state index in [1.165, 1.54) is 0 Å². The van der Waals surface area contributed by atoms with Gasteiger partial charge in [0.2, 0.25) is 0 Å². The van der Waals surface area contributed by atoms with Gasteiger partial charge in [-0.05, 0) is 23.4 Å². The molecule has 4 nitrogen and oxygen atoms in total. The van der Waals surface area contributed by atoms with E-state index >= 15 is 0 Å². The molecule has 1 aromatic heterocycles. The molecule has 1 N–H and O–H groups in total. The van der Waals surface area contributed by atoms with Crippen LogP contribution in [0, 0.1) is 0 Å². The van der Waals surface area contributed by atoms with Crippen LogP contribution in [0.1, 0.15) is 5.69 Å². The van der Waals surface area contributed by atoms with Crippen molar-refractivity contribution in [2.75, 3.05) is 0 Å². The van der Waals surface area contributed by atoms with Crippen LogP contribution in [0.2, 0.25) is 0 Å². The highest BCUT2D eigenvalue weighted by molar-refractivity contribution is 5.63. The maximum Gasteiger partial charge on any atom is 0.112 e. The molecule has 0 amide bonds. The fourth-order valence-electron chi connectivity index (χ4n) is 1.00. The third-order valence-corrected chi connectivity index (χ3v) is 1.60. The molecular weight excluding hydrogens is 164 g/mol. The summed E-state index contributed by atoms with van der Waals surface area (Å²) in [5.74, 6) is 0. The molecule has 2 heterocycles. The van der Waals surface area contributed by atoms with Crippen molar-refractivity contribution in [1.82, 2.24) is 20.7 Å². The summed E-state index contributed by atoms with van der Waals surface area (Å²) in [6.07, 6.45) is 11.2. The lowest BCUT2D eigenvalue weighted by Crippen LogP contribution is -2.05. The molecular formula is C9H8N4. The number of rotatable bonds is 1. The normalized spacial score (nSPS) is 14.6. The largest absolute Gasteiger partial charge is 0.360 e. The van der Waals surface area contributed by atoms with Gasteiger partial charge in [0, 0.05) is 6.20 Å². The van der Waals surface area contributed by atoms with Crippen LogP contribution in [0.15, 0.2) is 42.8 Å². The van der Waals surface area contributed by atoms with Crippen LogP contribution in [0.25, 0.3) is 5.70 Å². The second-order valence-electron chi connectivity index (χ2n) is 2.47. The molecule has 64 valence electrons. The fourth-order valence-corrected chi connectivity index (χ4v) is 1.00. The Labute approximate surface area is 75.7 Å². The monoisotopic (exact) mass is 172 g/mol. The van der Waals surface area contributed by atoms with Crippen molar-refractivity contribution in [3.8, 4) is 0 Å². The number of hydrogen-bond acceptors (Lipinski definition) is 4. The van der Waals surface area contributed by atoms with E-state index in [0.717, 1.165) is 11.4 Å². The summed E-state index contributed by atoms with van der Waals surface area (Å²) in [5, 5.41) is 14.1. The second kappa shape index (κ2) is 3.62. The lowest BCUT2D eigenvalue weighted by Gasteiger charge is -2.02. The molecule has 13 heavy (non-hydrogen) atoms. The Morgan fingerprint density at radius 2 is 2.15 bits per heavy atom. The van der Waals surface area contributed by atoms with Gasteiger partial charge in [-0.25, -0.2) is 0 Å². The van der Waals surface area contributed by atoms with Crippen LogP contribution in [-0.4, -0.2) is 15.4 Å². The molecule has 4 heteroatoms. The summed E-state index contributed by atoms with van der Waals surface area (Å²) >= 11 is 0. The smallest absolute Gasteiger partial charge is 0.112 e. The van der Waals surface area contributed by atoms with E-state index < -0.39 is 0 Å². The van der Waals surface area contributed by atoms with E-state index in [0.29, 0.717) is 0 Å². The Hall–Kier alpha value is -1.97. The fraction of sp³-hybridized carbons (Fsp3) is 0. The van der Waals surface area contributed by atoms with Gasteiger partial charge in [0.15, 0.2) is 0 Å². The Bertz CT molecular complexity index is 364. The third kappa shape index (κ3) is 1.79. The van der Waals surface area contributed by atoms with Gasteiger partial charge in [-0.2, -0.15) is 0 Å². The molecule has 0 bridgehead atoms. The van der Waals surface area contributed by atoms with Gasteiger partial charge in [-0.1, -0.05) is 12.2 Å². The molecule has 0 atom stereocenters. The summed E-state index contributed by atoms with van der Waals surface area (Å²) in [7, 11) is 0. The minimum atomic E-state index is 0.784. The predicted octanol–water partition coefficient (Wildman–Crippen LogP) is 0.886. The zero-order chi connectivity index (χ0) is 8.93. The minimum absolute atomic E-state index is 0.784. The molecule has 0 unspecified atom stereocenters. The molecule has 1 aliphatic rings. The lowest BCUT2D eigenvalue weighted by atomic mass is 10.3. The summed E-state index contributed by atoms with van der Waals surface area (Å²) in [6, 6.07) is 1.80. The zero-order valence-corrected chi connectivity index (χ0v) is 6.88. The van der Waals surface area contributed by atoms with Crippen molar-refractivity contribution in [2.24, 2.45) is 0 Å². The van der Waals surface area contributed by atoms with Crippen LogP contribution in [0.4, 0.5) is 0 Å². The molecule has 1 aromatic rings. The summed E-state index contributed by atoms with van der Waals surface area (Å²) in [5.41, 5.74) is 1.70. The Morgan fingerprint density at radius 3 is 3.00 bits per heavy atom. The van der Waals surface area contributed by atoms with Gasteiger partial charge in [-0.15, -0.1) is 10.2 Å². The van der Waals surface area contributed by atoms with Gasteiger partial charge >= 0.3 is 0 Å². The number of hydrogen-bond donors (Lipinski definition) is 1. The maximum absolute atomic E-state index is 3.88. The number of allylic oxidation sites excluding steroid dienone is 4. The molecule has 1 aliphatic heterocycles. The first-order valence-corrected chi connectivity index (χ1v) is 3.91. The zero-order valence-electron chi connectivity index (χ0n) is 6.88. The van der Waals surface area contributed by atoms with Crippen molar-refractivity contribution in [2.45, 2.75) is 0 Å². The molecule has 0 spiro atoms. The van der Waals surface area contributed by atoms with Gasteiger partial charge in [0.05, 0.1) is 11.9 Å². The molecule has 2 rings (SSSR count). The van der Waals surface area contributed by atoms with Gasteiger partial charge in [-0.3, -0.25) is 0 Å². The molecule has 0 saturated carbocycles. The van der Waals surface area contributed by atoms with Crippen LogP contribution in [0.5, 0.6) is 0 Å². The summed E-state index contributed by atoms with van der Waals surface area (Å²) < 4.78 is 0. The van der Waals surface area contributed by atoms with Crippen molar-refractivity contribution >= 4 is 5.70 Å². The van der Waals surface area contributed by atoms with Gasteiger partial charge in [0.25, 0.3) is 0 Å². The number of nitrogens with one attached hydrogen (secondary N) is 1. The Balaban J connectivity index is 2.32. The van der Waals surface area contributed by atoms with Crippen LogP contribution >= 0.6 is 0 Å². The maximum atomic E-state index is 3.88. The average molecular weight is 172 g/mol.